The molecule has 1 aliphatic carbocycles. The molecule has 0 fully saturated rings. The van der Waals surface area contributed by atoms with Crippen LogP contribution in [0.2, 0.25) is 0 Å². The van der Waals surface area contributed by atoms with Gasteiger partial charge in [0.25, 0.3) is 0 Å². The Morgan fingerprint density at radius 2 is 1.48 bits per heavy atom. The number of nitrogens with one attached hydrogen (secondary N) is 1. The number of aromatic hydroxyl groups is 2. The minimum atomic E-state index is -0.569. The molecule has 0 heterocycles. The zero-order valence-corrected chi connectivity index (χ0v) is 12.5. The SMILES string of the molecule is CCCNc1ccc(O)c2c1C(=O)c1c(O)ccc(N)c1C2=O. The van der Waals surface area contributed by atoms with Crippen molar-refractivity contribution >= 4 is 22.9 Å². The van der Waals surface area contributed by atoms with Crippen LogP contribution in [0.3, 0.4) is 0 Å². The van der Waals surface area contributed by atoms with Crippen molar-refractivity contribution in [3.05, 3.63) is 46.5 Å². The predicted octanol–water partition coefficient (Wildman–Crippen LogP) is 2.28. The Morgan fingerprint density at radius 1 is 0.913 bits per heavy atom. The number of carbonyl (C=O) groups excluding carboxylic acids is 2. The zero-order valence-electron chi connectivity index (χ0n) is 12.5. The highest BCUT2D eigenvalue weighted by atomic mass is 16.3. The summed E-state index contributed by atoms with van der Waals surface area (Å²) < 4.78 is 0. The zero-order chi connectivity index (χ0) is 16.7. The van der Waals surface area contributed by atoms with E-state index in [2.05, 4.69) is 5.32 Å². The average Bonchev–Trinajstić information content (AvgIpc) is 2.53. The van der Waals surface area contributed by atoms with Gasteiger partial charge in [-0.3, -0.25) is 9.59 Å². The molecule has 0 atom stereocenters. The van der Waals surface area contributed by atoms with Crippen LogP contribution in [0.15, 0.2) is 24.3 Å². The first-order chi connectivity index (χ1) is 11.0. The fourth-order valence-electron chi connectivity index (χ4n) is 2.80. The van der Waals surface area contributed by atoms with Crippen molar-refractivity contribution in [2.45, 2.75) is 13.3 Å². The highest BCUT2D eigenvalue weighted by Gasteiger charge is 2.37. The first-order valence-electron chi connectivity index (χ1n) is 7.28. The molecule has 0 aliphatic heterocycles. The molecule has 0 saturated carbocycles. The molecule has 118 valence electrons. The maximum atomic E-state index is 12.8. The van der Waals surface area contributed by atoms with Crippen molar-refractivity contribution in [1.29, 1.82) is 0 Å². The van der Waals surface area contributed by atoms with E-state index in [-0.39, 0.29) is 39.4 Å². The quantitative estimate of drug-likeness (QED) is 0.436. The lowest BCUT2D eigenvalue weighted by Gasteiger charge is -2.23. The highest BCUT2D eigenvalue weighted by Crippen LogP contribution is 2.41. The van der Waals surface area contributed by atoms with Gasteiger partial charge >= 0.3 is 0 Å². The maximum Gasteiger partial charge on any atom is 0.200 e. The summed E-state index contributed by atoms with van der Waals surface area (Å²) in [4.78, 5) is 25.6. The molecule has 5 N–H and O–H groups in total. The van der Waals surface area contributed by atoms with Gasteiger partial charge in [-0.1, -0.05) is 6.92 Å². The molecule has 2 aromatic rings. The van der Waals surface area contributed by atoms with E-state index < -0.39 is 11.6 Å². The second-order valence-corrected chi connectivity index (χ2v) is 5.39. The number of phenolic OH excluding ortho intramolecular Hbond substituents is 2. The number of anilines is 2. The minimum Gasteiger partial charge on any atom is -0.507 e. The third-order valence-electron chi connectivity index (χ3n) is 3.87. The fourth-order valence-corrected chi connectivity index (χ4v) is 2.80. The topological polar surface area (TPSA) is 113 Å². The van der Waals surface area contributed by atoms with Crippen LogP contribution in [-0.2, 0) is 0 Å². The summed E-state index contributed by atoms with van der Waals surface area (Å²) in [6.45, 7) is 2.57. The summed E-state index contributed by atoms with van der Waals surface area (Å²) in [6.07, 6.45) is 0.826. The first-order valence-corrected chi connectivity index (χ1v) is 7.28. The van der Waals surface area contributed by atoms with Gasteiger partial charge in [-0.15, -0.1) is 0 Å². The largest absolute Gasteiger partial charge is 0.507 e. The Kier molecular flexibility index (Phi) is 3.44. The van der Waals surface area contributed by atoms with E-state index in [1.165, 1.54) is 18.2 Å². The van der Waals surface area contributed by atoms with Gasteiger partial charge in [0.1, 0.15) is 11.5 Å². The molecule has 0 saturated heterocycles. The van der Waals surface area contributed by atoms with Crippen molar-refractivity contribution in [3.63, 3.8) is 0 Å². The van der Waals surface area contributed by atoms with Gasteiger partial charge in [-0.25, -0.2) is 0 Å². The van der Waals surface area contributed by atoms with Crippen molar-refractivity contribution < 1.29 is 19.8 Å². The number of hydrogen-bond donors (Lipinski definition) is 4. The number of benzene rings is 2. The van der Waals surface area contributed by atoms with Crippen LogP contribution in [0.4, 0.5) is 11.4 Å². The molecule has 6 heteroatoms. The average molecular weight is 312 g/mol. The monoisotopic (exact) mass is 312 g/mol. The van der Waals surface area contributed by atoms with Crippen LogP contribution >= 0.6 is 0 Å². The van der Waals surface area contributed by atoms with Gasteiger partial charge in [0, 0.05) is 17.9 Å². The Balaban J connectivity index is 2.31. The molecular formula is C17H16N2O4. The van der Waals surface area contributed by atoms with E-state index >= 15 is 0 Å². The van der Waals surface area contributed by atoms with Crippen LogP contribution in [0, 0.1) is 0 Å². The molecule has 3 rings (SSSR count). The fraction of sp³-hybridized carbons (Fsp3) is 0.176. The van der Waals surface area contributed by atoms with Crippen LogP contribution in [0.25, 0.3) is 0 Å². The van der Waals surface area contributed by atoms with Crippen LogP contribution in [0.5, 0.6) is 11.5 Å². The lowest BCUT2D eigenvalue weighted by atomic mass is 9.81. The Hall–Kier alpha value is -3.02. The Morgan fingerprint density at radius 3 is 2.13 bits per heavy atom. The molecule has 0 amide bonds. The molecular weight excluding hydrogens is 296 g/mol. The number of nitrogen functional groups attached to an aromatic ring is 1. The lowest BCUT2D eigenvalue weighted by molar-refractivity contribution is 0.0975. The summed E-state index contributed by atoms with van der Waals surface area (Å²) in [5.41, 5.74) is 6.15. The molecule has 0 spiro atoms. The van der Waals surface area contributed by atoms with Gasteiger partial charge in [-0.05, 0) is 30.7 Å². The number of phenols is 2. The van der Waals surface area contributed by atoms with Crippen molar-refractivity contribution in [1.82, 2.24) is 0 Å². The van der Waals surface area contributed by atoms with E-state index in [1.54, 1.807) is 6.07 Å². The molecule has 0 bridgehead atoms. The third kappa shape index (κ3) is 2.11. The predicted molar refractivity (Wildman–Crippen MR) is 86.3 cm³/mol. The van der Waals surface area contributed by atoms with Gasteiger partial charge in [0.15, 0.2) is 0 Å². The molecule has 0 aromatic heterocycles. The summed E-state index contributed by atoms with van der Waals surface area (Å²) in [7, 11) is 0. The van der Waals surface area contributed by atoms with Gasteiger partial charge < -0.3 is 21.3 Å². The standard InChI is InChI=1S/C17H16N2O4/c1-2-7-19-9-4-6-11(21)15-13(9)17(23)14-10(20)5-3-8(18)12(14)16(15)22/h3-6,19-21H,2,7,18H2,1H3. The molecule has 23 heavy (non-hydrogen) atoms. The van der Waals surface area contributed by atoms with E-state index in [9.17, 15) is 19.8 Å². The van der Waals surface area contributed by atoms with E-state index in [0.29, 0.717) is 12.2 Å². The molecule has 6 nitrogen and oxygen atoms in total. The summed E-state index contributed by atoms with van der Waals surface area (Å²) in [5.74, 6) is -1.69. The van der Waals surface area contributed by atoms with E-state index in [4.69, 9.17) is 5.73 Å². The van der Waals surface area contributed by atoms with Gasteiger partial charge in [0.05, 0.1) is 22.3 Å². The second-order valence-electron chi connectivity index (χ2n) is 5.39. The van der Waals surface area contributed by atoms with Crippen molar-refractivity contribution in [2.24, 2.45) is 0 Å². The smallest absolute Gasteiger partial charge is 0.200 e. The first kappa shape index (κ1) is 14.9. The van der Waals surface area contributed by atoms with E-state index in [0.717, 1.165) is 6.42 Å². The number of nitrogens with two attached hydrogens (primary N) is 1. The maximum absolute atomic E-state index is 12.8. The number of fused-ring (bicyclic) bond motifs is 2. The number of ketones is 2. The molecule has 0 unspecified atom stereocenters. The minimum absolute atomic E-state index is 0.0644. The van der Waals surface area contributed by atoms with Crippen LogP contribution in [0.1, 0.15) is 45.2 Å². The van der Waals surface area contributed by atoms with Gasteiger partial charge in [-0.2, -0.15) is 0 Å². The lowest BCUT2D eigenvalue weighted by Crippen LogP contribution is -2.24. The van der Waals surface area contributed by atoms with E-state index in [1.807, 2.05) is 6.92 Å². The molecule has 1 aliphatic rings. The van der Waals surface area contributed by atoms with Gasteiger partial charge in [0.2, 0.25) is 11.6 Å². The summed E-state index contributed by atoms with van der Waals surface area (Å²) >= 11 is 0. The normalized spacial score (nSPS) is 12.7. The number of carbonyl (C=O) groups is 2. The number of hydrogen-bond acceptors (Lipinski definition) is 6. The summed E-state index contributed by atoms with van der Waals surface area (Å²) in [5, 5.41) is 23.2. The Bertz CT molecular complexity index is 843. The Labute approximate surface area is 132 Å². The number of rotatable bonds is 3. The van der Waals surface area contributed by atoms with Crippen molar-refractivity contribution in [3.8, 4) is 11.5 Å². The van der Waals surface area contributed by atoms with Crippen LogP contribution < -0.4 is 11.1 Å². The highest BCUT2D eigenvalue weighted by molar-refractivity contribution is 6.33. The third-order valence-corrected chi connectivity index (χ3v) is 3.87. The summed E-state index contributed by atoms with van der Waals surface area (Å²) in [6, 6.07) is 5.56. The second kappa shape index (κ2) is 5.31. The van der Waals surface area contributed by atoms with Crippen molar-refractivity contribution in [2.75, 3.05) is 17.6 Å². The molecule has 0 radical (unpaired) electrons. The molecule has 2 aromatic carbocycles. The van der Waals surface area contributed by atoms with Crippen LogP contribution in [-0.4, -0.2) is 28.3 Å².